The number of allylic oxidation sites excluding steroid dienone is 1. The quantitative estimate of drug-likeness (QED) is 0.0740. The Hall–Kier alpha value is -2.20. The first-order chi connectivity index (χ1) is 24.5. The summed E-state index contributed by atoms with van der Waals surface area (Å²) in [6, 6.07) is 16.5. The summed E-state index contributed by atoms with van der Waals surface area (Å²) in [4.78, 5) is 13.8. The van der Waals surface area contributed by atoms with E-state index < -0.39 is 22.7 Å². The molecule has 0 aliphatic heterocycles. The summed E-state index contributed by atoms with van der Waals surface area (Å²) in [5.74, 6) is 0.00468. The Bertz CT molecular complexity index is 1340. The monoisotopic (exact) mass is 750 g/mol. The normalized spacial score (nSPS) is 15.1. The van der Waals surface area contributed by atoms with Crippen LogP contribution < -0.4 is 5.32 Å². The van der Waals surface area contributed by atoms with Gasteiger partial charge in [-0.1, -0.05) is 173 Å². The molecule has 1 N–H and O–H groups in total. The topological polar surface area (TPSA) is 56.8 Å². The summed E-state index contributed by atoms with van der Waals surface area (Å²) in [6.45, 7) is 25.6. The molecule has 2 atom stereocenters. The molecule has 0 fully saturated rings. The lowest BCUT2D eigenvalue weighted by Gasteiger charge is -2.42. The van der Waals surface area contributed by atoms with Crippen molar-refractivity contribution < 1.29 is 18.4 Å². The molecule has 0 bridgehead atoms. The Labute approximate surface area is 321 Å². The molecule has 0 spiro atoms. The van der Waals surface area contributed by atoms with Gasteiger partial charge in [-0.25, -0.2) is 4.79 Å². The Morgan fingerprint density at radius 2 is 1.21 bits per heavy atom. The molecule has 0 unspecified atom stereocenters. The number of carbonyl (C=O) groups excluding carboxylic acids is 1. The van der Waals surface area contributed by atoms with Crippen LogP contribution in [0.5, 0.6) is 0 Å². The van der Waals surface area contributed by atoms with Crippen molar-refractivity contribution in [3.63, 3.8) is 0 Å². The highest BCUT2D eigenvalue weighted by molar-refractivity contribution is 6.74. The zero-order valence-electron chi connectivity index (χ0n) is 35.0. The average Bonchev–Trinajstić information content (AvgIpc) is 3.39. The summed E-state index contributed by atoms with van der Waals surface area (Å²) in [5, 5.41) is 3.33. The number of hydrogen-bond acceptors (Lipinski definition) is 4. The van der Waals surface area contributed by atoms with Crippen LogP contribution in [-0.2, 0) is 13.6 Å². The zero-order chi connectivity index (χ0) is 38.4. The molecule has 292 valence electrons. The lowest BCUT2D eigenvalue weighted by atomic mass is 9.98. The van der Waals surface area contributed by atoms with Crippen LogP contribution in [0.1, 0.15) is 143 Å². The average molecular weight is 750 g/mol. The predicted octanol–water partition coefficient (Wildman–Crippen LogP) is 13.6. The second-order valence-corrected chi connectivity index (χ2v) is 27.8. The SMILES string of the molecule is CCCCCCCCCCCCC/C=C/[C@H](O[Si](C)(C)C(C)(C)C)[C@@H](CO[Si](C)(C)C(C)(C)C)NC(=O)OCC1c2ccccc2-c2ccccc21. The molecule has 1 amide bonds. The number of amides is 1. The van der Waals surface area contributed by atoms with E-state index in [9.17, 15) is 4.79 Å². The number of nitrogens with one attached hydrogen (secondary N) is 1. The maximum atomic E-state index is 13.8. The highest BCUT2D eigenvalue weighted by atomic mass is 28.4. The number of alkyl carbamates (subject to hydrolysis) is 1. The van der Waals surface area contributed by atoms with E-state index in [4.69, 9.17) is 13.6 Å². The number of carbonyl (C=O) groups is 1. The van der Waals surface area contributed by atoms with Crippen molar-refractivity contribution in [3.05, 3.63) is 71.8 Å². The van der Waals surface area contributed by atoms with Gasteiger partial charge in [-0.3, -0.25) is 0 Å². The molecule has 0 saturated carbocycles. The summed E-state index contributed by atoms with van der Waals surface area (Å²) in [7, 11) is -4.32. The van der Waals surface area contributed by atoms with Gasteiger partial charge in [-0.2, -0.15) is 0 Å². The van der Waals surface area contributed by atoms with Crippen LogP contribution in [0.25, 0.3) is 11.1 Å². The highest BCUT2D eigenvalue weighted by Crippen LogP contribution is 2.44. The molecule has 0 aromatic heterocycles. The van der Waals surface area contributed by atoms with Gasteiger partial charge < -0.3 is 18.9 Å². The molecule has 2 aromatic carbocycles. The Morgan fingerprint density at radius 3 is 1.71 bits per heavy atom. The number of fused-ring (bicyclic) bond motifs is 3. The van der Waals surface area contributed by atoms with E-state index in [0.29, 0.717) is 6.61 Å². The first-order valence-electron chi connectivity index (χ1n) is 20.6. The van der Waals surface area contributed by atoms with Gasteiger partial charge in [0.2, 0.25) is 0 Å². The summed E-state index contributed by atoms with van der Waals surface area (Å²) < 4.78 is 20.0. The van der Waals surface area contributed by atoms with Gasteiger partial charge in [-0.05, 0) is 71.4 Å². The van der Waals surface area contributed by atoms with Crippen molar-refractivity contribution in [2.45, 2.75) is 180 Å². The first-order valence-corrected chi connectivity index (χ1v) is 26.4. The van der Waals surface area contributed by atoms with E-state index in [-0.39, 0.29) is 34.7 Å². The van der Waals surface area contributed by atoms with E-state index in [1.165, 1.54) is 92.9 Å². The second-order valence-electron chi connectivity index (χ2n) is 18.2. The van der Waals surface area contributed by atoms with Crippen molar-refractivity contribution in [1.82, 2.24) is 5.32 Å². The van der Waals surface area contributed by atoms with Crippen molar-refractivity contribution in [3.8, 4) is 11.1 Å². The largest absolute Gasteiger partial charge is 0.449 e. The van der Waals surface area contributed by atoms with Gasteiger partial charge in [-0.15, -0.1) is 0 Å². The fourth-order valence-corrected chi connectivity index (χ4v) is 8.76. The fourth-order valence-electron chi connectivity index (χ4n) is 6.45. The molecule has 1 aliphatic rings. The van der Waals surface area contributed by atoms with E-state index in [1.807, 2.05) is 0 Å². The molecule has 0 heterocycles. The van der Waals surface area contributed by atoms with E-state index in [0.717, 1.165) is 6.42 Å². The summed E-state index contributed by atoms with van der Waals surface area (Å²) in [5.41, 5.74) is 4.86. The molecular weight excluding hydrogens is 675 g/mol. The maximum Gasteiger partial charge on any atom is 0.407 e. The number of ether oxygens (including phenoxy) is 1. The van der Waals surface area contributed by atoms with Crippen LogP contribution in [0.4, 0.5) is 4.79 Å². The van der Waals surface area contributed by atoms with Gasteiger partial charge in [0.15, 0.2) is 16.6 Å². The van der Waals surface area contributed by atoms with Crippen LogP contribution in [0.3, 0.4) is 0 Å². The molecule has 7 heteroatoms. The third kappa shape index (κ3) is 13.3. The Kier molecular flexibility index (Phi) is 17.4. The van der Waals surface area contributed by atoms with Crippen LogP contribution in [0.15, 0.2) is 60.7 Å². The van der Waals surface area contributed by atoms with Crippen molar-refractivity contribution in [1.29, 1.82) is 0 Å². The molecule has 1 aliphatic carbocycles. The van der Waals surface area contributed by atoms with Crippen molar-refractivity contribution in [2.75, 3.05) is 13.2 Å². The Balaban J connectivity index is 1.71. The minimum absolute atomic E-state index is 0.00468. The zero-order valence-corrected chi connectivity index (χ0v) is 37.0. The minimum Gasteiger partial charge on any atom is -0.449 e. The lowest BCUT2D eigenvalue weighted by Crippen LogP contribution is -2.54. The van der Waals surface area contributed by atoms with Gasteiger partial charge in [0, 0.05) is 5.92 Å². The number of benzene rings is 2. The molecule has 3 rings (SSSR count). The van der Waals surface area contributed by atoms with Crippen LogP contribution in [-0.4, -0.2) is 48.1 Å². The molecule has 0 saturated heterocycles. The van der Waals surface area contributed by atoms with Crippen molar-refractivity contribution in [2.24, 2.45) is 0 Å². The third-order valence-corrected chi connectivity index (χ3v) is 21.0. The number of unbranched alkanes of at least 4 members (excludes halogenated alkanes) is 11. The van der Waals surface area contributed by atoms with Gasteiger partial charge >= 0.3 is 6.09 Å². The van der Waals surface area contributed by atoms with E-state index in [2.05, 4.69) is 141 Å². The molecule has 2 aromatic rings. The fraction of sp³-hybridized carbons (Fsp3) is 0.667. The van der Waals surface area contributed by atoms with E-state index >= 15 is 0 Å². The van der Waals surface area contributed by atoms with Gasteiger partial charge in [0.25, 0.3) is 0 Å². The second kappa shape index (κ2) is 20.5. The standard InChI is InChI=1S/C45H75NO4Si2/c1-12-13-14-15-16-17-18-19-20-21-22-23-24-33-42(50-52(10,11)45(5,6)7)41(35-49-51(8,9)44(2,3)4)46-43(47)48-34-40-38-31-27-25-29-36(38)37-30-26-28-32-39(37)40/h24-33,40-42H,12-23,34-35H2,1-11H3,(H,46,47)/b33-24+/t41-,42+/m1/s1. The van der Waals surface area contributed by atoms with Gasteiger partial charge in [0.1, 0.15) is 6.61 Å². The molecule has 5 nitrogen and oxygen atoms in total. The molecular formula is C45H75NO4Si2. The first kappa shape index (κ1) is 44.2. The summed E-state index contributed by atoms with van der Waals surface area (Å²) in [6.07, 6.45) is 19.5. The summed E-state index contributed by atoms with van der Waals surface area (Å²) >= 11 is 0. The highest BCUT2D eigenvalue weighted by Gasteiger charge is 2.42. The number of rotatable bonds is 22. The van der Waals surface area contributed by atoms with Gasteiger partial charge in [0.05, 0.1) is 18.8 Å². The Morgan fingerprint density at radius 1 is 0.731 bits per heavy atom. The minimum atomic E-state index is -2.21. The van der Waals surface area contributed by atoms with Crippen molar-refractivity contribution >= 4 is 22.7 Å². The van der Waals surface area contributed by atoms with Crippen LogP contribution in [0.2, 0.25) is 36.3 Å². The maximum absolute atomic E-state index is 13.8. The van der Waals surface area contributed by atoms with Crippen LogP contribution >= 0.6 is 0 Å². The number of hydrogen-bond donors (Lipinski definition) is 1. The lowest BCUT2D eigenvalue weighted by molar-refractivity contribution is 0.104. The van der Waals surface area contributed by atoms with Crippen LogP contribution in [0, 0.1) is 0 Å². The predicted molar refractivity (Wildman–Crippen MR) is 227 cm³/mol. The van der Waals surface area contributed by atoms with E-state index in [1.54, 1.807) is 0 Å². The molecule has 0 radical (unpaired) electrons. The smallest absolute Gasteiger partial charge is 0.407 e. The molecule has 52 heavy (non-hydrogen) atoms. The third-order valence-electron chi connectivity index (χ3n) is 12.0.